The average Bonchev–Trinajstić information content (AvgIpc) is 2.78. The number of aliphatic hydroxyl groups is 1. The number of nitrogens with one attached hydrogen (secondary N) is 1. The van der Waals surface area contributed by atoms with Crippen molar-refractivity contribution in [2.24, 2.45) is 0 Å². The molecule has 1 aromatic carbocycles. The van der Waals surface area contributed by atoms with E-state index in [1.165, 1.54) is 10.4 Å². The topological polar surface area (TPSA) is 45.2 Å². The number of benzene rings is 1. The Kier molecular flexibility index (Phi) is 5.71. The molecular weight excluding hydrogens is 268 g/mol. The van der Waals surface area contributed by atoms with Crippen LogP contribution in [-0.4, -0.2) is 16.7 Å². The Morgan fingerprint density at radius 3 is 2.60 bits per heavy atom. The Labute approximate surface area is 124 Å². The largest absolute Gasteiger partial charge is 0.396 e. The molecule has 1 unspecified atom stereocenters. The molecule has 1 aromatic heterocycles. The molecule has 3 nitrogen and oxygen atoms in total. The van der Waals surface area contributed by atoms with E-state index < -0.39 is 0 Å². The molecule has 2 rings (SSSR count). The van der Waals surface area contributed by atoms with Gasteiger partial charge in [0.05, 0.1) is 10.7 Å². The molecule has 1 heterocycles. The van der Waals surface area contributed by atoms with Crippen LogP contribution in [0, 0.1) is 13.8 Å². The van der Waals surface area contributed by atoms with Gasteiger partial charge < -0.3 is 10.4 Å². The predicted molar refractivity (Wildman–Crippen MR) is 83.9 cm³/mol. The monoisotopic (exact) mass is 290 g/mol. The van der Waals surface area contributed by atoms with Crippen LogP contribution in [0.3, 0.4) is 0 Å². The minimum absolute atomic E-state index is 0.240. The third-order valence-electron chi connectivity index (χ3n) is 3.36. The van der Waals surface area contributed by atoms with Crippen molar-refractivity contribution in [3.05, 3.63) is 51.5 Å². The van der Waals surface area contributed by atoms with Gasteiger partial charge in [-0.1, -0.05) is 30.3 Å². The summed E-state index contributed by atoms with van der Waals surface area (Å²) in [5, 5.41) is 13.8. The number of thiazole rings is 1. The molecule has 0 aliphatic carbocycles. The highest BCUT2D eigenvalue weighted by Crippen LogP contribution is 2.21. The zero-order valence-electron chi connectivity index (χ0n) is 12.1. The van der Waals surface area contributed by atoms with Crippen molar-refractivity contribution in [2.75, 3.05) is 6.61 Å². The first kappa shape index (κ1) is 15.2. The van der Waals surface area contributed by atoms with Gasteiger partial charge in [-0.05, 0) is 32.3 Å². The standard InChI is InChI=1S/C16H22N2OS/c1-12-16(20-13(2)18-12)11-17-15(9-6-10-19)14-7-4-3-5-8-14/h3-5,7-8,15,17,19H,6,9-11H2,1-2H3. The Morgan fingerprint density at radius 1 is 1.25 bits per heavy atom. The number of aliphatic hydroxyl groups excluding tert-OH is 1. The van der Waals surface area contributed by atoms with Gasteiger partial charge in [-0.2, -0.15) is 0 Å². The number of nitrogens with zero attached hydrogens (tertiary/aromatic N) is 1. The molecule has 1 atom stereocenters. The highest BCUT2D eigenvalue weighted by atomic mass is 32.1. The van der Waals surface area contributed by atoms with E-state index in [2.05, 4.69) is 41.5 Å². The summed E-state index contributed by atoms with van der Waals surface area (Å²) in [6.07, 6.45) is 1.75. The fourth-order valence-electron chi connectivity index (χ4n) is 2.32. The number of hydrogen-bond acceptors (Lipinski definition) is 4. The van der Waals surface area contributed by atoms with Crippen molar-refractivity contribution >= 4 is 11.3 Å². The number of aryl methyl sites for hydroxylation is 2. The van der Waals surface area contributed by atoms with Crippen molar-refractivity contribution in [1.29, 1.82) is 0 Å². The minimum Gasteiger partial charge on any atom is -0.396 e. The van der Waals surface area contributed by atoms with Gasteiger partial charge in [0.2, 0.25) is 0 Å². The molecule has 0 spiro atoms. The third kappa shape index (κ3) is 4.13. The molecule has 0 amide bonds. The van der Waals surface area contributed by atoms with Crippen LogP contribution >= 0.6 is 11.3 Å². The number of hydrogen-bond donors (Lipinski definition) is 2. The summed E-state index contributed by atoms with van der Waals surface area (Å²) in [6.45, 7) is 5.18. The maximum absolute atomic E-state index is 9.06. The van der Waals surface area contributed by atoms with E-state index in [0.29, 0.717) is 0 Å². The second-order valence-electron chi connectivity index (χ2n) is 4.95. The predicted octanol–water partition coefficient (Wildman–Crippen LogP) is 3.36. The first-order valence-corrected chi connectivity index (χ1v) is 7.84. The zero-order valence-corrected chi connectivity index (χ0v) is 12.9. The summed E-state index contributed by atoms with van der Waals surface area (Å²) < 4.78 is 0. The molecule has 108 valence electrons. The van der Waals surface area contributed by atoms with Crippen LogP contribution in [0.2, 0.25) is 0 Å². The average molecular weight is 290 g/mol. The van der Waals surface area contributed by atoms with Gasteiger partial charge in [0, 0.05) is 24.1 Å². The van der Waals surface area contributed by atoms with Crippen molar-refractivity contribution in [2.45, 2.75) is 39.3 Å². The second kappa shape index (κ2) is 7.53. The number of rotatable bonds is 7. The van der Waals surface area contributed by atoms with Crippen LogP contribution in [0.25, 0.3) is 0 Å². The maximum Gasteiger partial charge on any atom is 0.0900 e. The fourth-order valence-corrected chi connectivity index (χ4v) is 3.21. The Balaban J connectivity index is 2.02. The van der Waals surface area contributed by atoms with Crippen LogP contribution < -0.4 is 5.32 Å². The van der Waals surface area contributed by atoms with E-state index in [-0.39, 0.29) is 12.6 Å². The second-order valence-corrected chi connectivity index (χ2v) is 6.24. The highest BCUT2D eigenvalue weighted by molar-refractivity contribution is 7.11. The van der Waals surface area contributed by atoms with Crippen LogP contribution in [0.1, 0.15) is 40.0 Å². The van der Waals surface area contributed by atoms with E-state index in [4.69, 9.17) is 5.11 Å². The highest BCUT2D eigenvalue weighted by Gasteiger charge is 2.12. The fraction of sp³-hybridized carbons (Fsp3) is 0.438. The molecular formula is C16H22N2OS. The maximum atomic E-state index is 9.06. The molecule has 0 saturated heterocycles. The minimum atomic E-state index is 0.240. The van der Waals surface area contributed by atoms with Gasteiger partial charge in [0.25, 0.3) is 0 Å². The van der Waals surface area contributed by atoms with Crippen molar-refractivity contribution in [3.8, 4) is 0 Å². The summed E-state index contributed by atoms with van der Waals surface area (Å²) in [6, 6.07) is 10.7. The summed E-state index contributed by atoms with van der Waals surface area (Å²) in [4.78, 5) is 5.76. The van der Waals surface area contributed by atoms with E-state index in [1.807, 2.05) is 13.0 Å². The molecule has 0 saturated carbocycles. The Morgan fingerprint density at radius 2 is 2.00 bits per heavy atom. The van der Waals surface area contributed by atoms with Gasteiger partial charge in [-0.15, -0.1) is 11.3 Å². The smallest absolute Gasteiger partial charge is 0.0900 e. The normalized spacial score (nSPS) is 12.6. The van der Waals surface area contributed by atoms with Gasteiger partial charge in [-0.3, -0.25) is 0 Å². The molecule has 0 bridgehead atoms. The number of aromatic nitrogens is 1. The van der Waals surface area contributed by atoms with E-state index in [0.717, 1.165) is 30.1 Å². The Bertz CT molecular complexity index is 525. The van der Waals surface area contributed by atoms with Gasteiger partial charge >= 0.3 is 0 Å². The summed E-state index contributed by atoms with van der Waals surface area (Å²) in [5.41, 5.74) is 2.40. The molecule has 2 aromatic rings. The van der Waals surface area contributed by atoms with Gasteiger partial charge in [0.15, 0.2) is 0 Å². The lowest BCUT2D eigenvalue weighted by atomic mass is 10.0. The molecule has 0 aliphatic heterocycles. The van der Waals surface area contributed by atoms with Crippen LogP contribution in [-0.2, 0) is 6.54 Å². The summed E-state index contributed by atoms with van der Waals surface area (Å²) in [5.74, 6) is 0. The molecule has 4 heteroatoms. The van der Waals surface area contributed by atoms with E-state index in [9.17, 15) is 0 Å². The lowest BCUT2D eigenvalue weighted by Crippen LogP contribution is -2.21. The lowest BCUT2D eigenvalue weighted by Gasteiger charge is -2.18. The van der Waals surface area contributed by atoms with Crippen molar-refractivity contribution in [3.63, 3.8) is 0 Å². The summed E-state index contributed by atoms with van der Waals surface area (Å²) in [7, 11) is 0. The van der Waals surface area contributed by atoms with Crippen LogP contribution in [0.5, 0.6) is 0 Å². The van der Waals surface area contributed by atoms with E-state index >= 15 is 0 Å². The van der Waals surface area contributed by atoms with Crippen LogP contribution in [0.15, 0.2) is 30.3 Å². The van der Waals surface area contributed by atoms with Gasteiger partial charge in [0.1, 0.15) is 0 Å². The molecule has 0 radical (unpaired) electrons. The molecule has 2 N–H and O–H groups in total. The van der Waals surface area contributed by atoms with E-state index in [1.54, 1.807) is 11.3 Å². The van der Waals surface area contributed by atoms with Crippen molar-refractivity contribution in [1.82, 2.24) is 10.3 Å². The first-order chi connectivity index (χ1) is 9.70. The SMILES string of the molecule is Cc1nc(C)c(CNC(CCCO)c2ccccc2)s1. The zero-order chi connectivity index (χ0) is 14.4. The molecule has 20 heavy (non-hydrogen) atoms. The summed E-state index contributed by atoms with van der Waals surface area (Å²) >= 11 is 1.75. The van der Waals surface area contributed by atoms with Crippen molar-refractivity contribution < 1.29 is 5.11 Å². The molecule has 0 fully saturated rings. The molecule has 0 aliphatic rings. The Hall–Kier alpha value is -1.23. The third-order valence-corrected chi connectivity index (χ3v) is 4.43. The first-order valence-electron chi connectivity index (χ1n) is 7.03. The quantitative estimate of drug-likeness (QED) is 0.822. The van der Waals surface area contributed by atoms with Crippen LogP contribution in [0.4, 0.5) is 0 Å². The van der Waals surface area contributed by atoms with Gasteiger partial charge in [-0.25, -0.2) is 4.98 Å². The lowest BCUT2D eigenvalue weighted by molar-refractivity contribution is 0.275.